The first-order valence-electron chi connectivity index (χ1n) is 4.76. The molecule has 70 valence electrons. The molecular formula is C13H13N. The van der Waals surface area contributed by atoms with Crippen LogP contribution in [0.1, 0.15) is 5.56 Å². The van der Waals surface area contributed by atoms with Gasteiger partial charge in [-0.25, -0.2) is 0 Å². The predicted molar refractivity (Wildman–Crippen MR) is 62.0 cm³/mol. The van der Waals surface area contributed by atoms with Gasteiger partial charge >= 0.3 is 0 Å². The number of hydrogen-bond donors (Lipinski definition) is 1. The van der Waals surface area contributed by atoms with Gasteiger partial charge in [-0.3, -0.25) is 0 Å². The van der Waals surface area contributed by atoms with E-state index in [1.54, 1.807) is 0 Å². The van der Waals surface area contributed by atoms with E-state index in [-0.39, 0.29) is 0 Å². The minimum Gasteiger partial charge on any atom is -0.327 e. The van der Waals surface area contributed by atoms with Gasteiger partial charge < -0.3 is 5.73 Å². The Bertz CT molecular complexity index is 452. The number of fused-ring (bicyclic) bond motifs is 1. The zero-order valence-corrected chi connectivity index (χ0v) is 7.98. The zero-order valence-electron chi connectivity index (χ0n) is 7.98. The van der Waals surface area contributed by atoms with Crippen molar-refractivity contribution < 1.29 is 0 Å². The van der Waals surface area contributed by atoms with Crippen LogP contribution in [0, 0.1) is 0 Å². The Morgan fingerprint density at radius 3 is 2.64 bits per heavy atom. The van der Waals surface area contributed by atoms with Crippen molar-refractivity contribution >= 4 is 16.8 Å². The molecule has 0 radical (unpaired) electrons. The van der Waals surface area contributed by atoms with Gasteiger partial charge in [-0.2, -0.15) is 0 Å². The molecule has 0 saturated carbocycles. The lowest BCUT2D eigenvalue weighted by Crippen LogP contribution is -1.92. The third-order valence-electron chi connectivity index (χ3n) is 2.26. The first kappa shape index (κ1) is 8.97. The van der Waals surface area contributed by atoms with Crippen LogP contribution in [-0.2, 0) is 0 Å². The van der Waals surface area contributed by atoms with Gasteiger partial charge in [-0.15, -0.1) is 0 Å². The van der Waals surface area contributed by atoms with Gasteiger partial charge in [-0.1, -0.05) is 54.6 Å². The van der Waals surface area contributed by atoms with Crippen LogP contribution in [0.5, 0.6) is 0 Å². The highest BCUT2D eigenvalue weighted by molar-refractivity contribution is 5.90. The second kappa shape index (κ2) is 4.07. The molecule has 14 heavy (non-hydrogen) atoms. The first-order chi connectivity index (χ1) is 6.92. The van der Waals surface area contributed by atoms with Crippen molar-refractivity contribution in [1.82, 2.24) is 0 Å². The lowest BCUT2D eigenvalue weighted by atomic mass is 10.0. The highest BCUT2D eigenvalue weighted by atomic mass is 14.5. The van der Waals surface area contributed by atoms with Crippen LogP contribution >= 0.6 is 0 Å². The molecule has 1 heteroatoms. The molecule has 1 nitrogen and oxygen atoms in total. The van der Waals surface area contributed by atoms with Crippen molar-refractivity contribution in [3.05, 3.63) is 54.1 Å². The topological polar surface area (TPSA) is 26.0 Å². The summed E-state index contributed by atoms with van der Waals surface area (Å²) >= 11 is 0. The monoisotopic (exact) mass is 183 g/mol. The van der Waals surface area contributed by atoms with Gasteiger partial charge in [0.05, 0.1) is 0 Å². The summed E-state index contributed by atoms with van der Waals surface area (Å²) in [5.41, 5.74) is 6.66. The summed E-state index contributed by atoms with van der Waals surface area (Å²) in [5.74, 6) is 0. The summed E-state index contributed by atoms with van der Waals surface area (Å²) in [6.07, 6.45) is 4.05. The van der Waals surface area contributed by atoms with Gasteiger partial charge in [0.15, 0.2) is 0 Å². The van der Waals surface area contributed by atoms with Crippen molar-refractivity contribution in [2.24, 2.45) is 5.73 Å². The fraction of sp³-hybridized carbons (Fsp3) is 0.0769. The summed E-state index contributed by atoms with van der Waals surface area (Å²) in [5, 5.41) is 2.55. The van der Waals surface area contributed by atoms with Crippen molar-refractivity contribution in [2.75, 3.05) is 6.54 Å². The fourth-order valence-electron chi connectivity index (χ4n) is 1.59. The molecule has 0 amide bonds. The Morgan fingerprint density at radius 1 is 1.00 bits per heavy atom. The summed E-state index contributed by atoms with van der Waals surface area (Å²) in [4.78, 5) is 0. The summed E-state index contributed by atoms with van der Waals surface area (Å²) in [6, 6.07) is 14.7. The van der Waals surface area contributed by atoms with E-state index >= 15 is 0 Å². The maximum absolute atomic E-state index is 5.43. The van der Waals surface area contributed by atoms with Crippen molar-refractivity contribution in [3.8, 4) is 0 Å². The Balaban J connectivity index is 2.59. The molecule has 2 aromatic rings. The number of benzene rings is 2. The molecule has 0 bridgehead atoms. The van der Waals surface area contributed by atoms with Crippen molar-refractivity contribution in [2.45, 2.75) is 0 Å². The molecule has 0 atom stereocenters. The largest absolute Gasteiger partial charge is 0.327 e. The van der Waals surface area contributed by atoms with Gasteiger partial charge in [-0.05, 0) is 16.3 Å². The molecule has 0 spiro atoms. The number of nitrogens with two attached hydrogens (primary N) is 1. The van der Waals surface area contributed by atoms with Gasteiger partial charge in [0.25, 0.3) is 0 Å². The number of rotatable bonds is 2. The molecule has 0 unspecified atom stereocenters. The molecule has 0 aliphatic heterocycles. The van der Waals surface area contributed by atoms with E-state index in [1.165, 1.54) is 16.3 Å². The van der Waals surface area contributed by atoms with Crippen LogP contribution in [0.15, 0.2) is 48.5 Å². The Kier molecular flexibility index (Phi) is 2.61. The number of hydrogen-bond acceptors (Lipinski definition) is 1. The van der Waals surface area contributed by atoms with E-state index in [1.807, 2.05) is 6.08 Å². The van der Waals surface area contributed by atoms with E-state index in [2.05, 4.69) is 48.5 Å². The van der Waals surface area contributed by atoms with E-state index in [0.29, 0.717) is 6.54 Å². The molecule has 2 N–H and O–H groups in total. The normalized spacial score (nSPS) is 11.2. The minimum absolute atomic E-state index is 0.587. The fourth-order valence-corrected chi connectivity index (χ4v) is 1.59. The summed E-state index contributed by atoms with van der Waals surface area (Å²) in [7, 11) is 0. The van der Waals surface area contributed by atoms with Gasteiger partial charge in [0.1, 0.15) is 0 Å². The quantitative estimate of drug-likeness (QED) is 0.761. The third-order valence-corrected chi connectivity index (χ3v) is 2.26. The smallest absolute Gasteiger partial charge is 0.0110 e. The molecular weight excluding hydrogens is 170 g/mol. The second-order valence-corrected chi connectivity index (χ2v) is 3.21. The zero-order chi connectivity index (χ0) is 9.80. The average Bonchev–Trinajstić information content (AvgIpc) is 2.26. The Hall–Kier alpha value is -1.60. The van der Waals surface area contributed by atoms with E-state index in [0.717, 1.165) is 0 Å². The van der Waals surface area contributed by atoms with E-state index in [4.69, 9.17) is 5.73 Å². The van der Waals surface area contributed by atoms with Crippen LogP contribution in [-0.4, -0.2) is 6.54 Å². The highest BCUT2D eigenvalue weighted by Crippen LogP contribution is 2.19. The van der Waals surface area contributed by atoms with Crippen LogP contribution < -0.4 is 5.73 Å². The summed E-state index contributed by atoms with van der Waals surface area (Å²) < 4.78 is 0. The average molecular weight is 183 g/mol. The molecule has 0 saturated heterocycles. The lowest BCUT2D eigenvalue weighted by Gasteiger charge is -2.00. The summed E-state index contributed by atoms with van der Waals surface area (Å²) in [6.45, 7) is 0.587. The first-order valence-corrected chi connectivity index (χ1v) is 4.76. The molecule has 0 aromatic heterocycles. The maximum atomic E-state index is 5.43. The molecule has 0 aliphatic carbocycles. The van der Waals surface area contributed by atoms with Crippen molar-refractivity contribution in [3.63, 3.8) is 0 Å². The van der Waals surface area contributed by atoms with Crippen LogP contribution in [0.2, 0.25) is 0 Å². The Morgan fingerprint density at radius 2 is 1.79 bits per heavy atom. The SMILES string of the molecule is NCC=Cc1cccc2ccccc12. The van der Waals surface area contributed by atoms with Gasteiger partial charge in [0, 0.05) is 6.54 Å². The predicted octanol–water partition coefficient (Wildman–Crippen LogP) is 2.81. The van der Waals surface area contributed by atoms with E-state index in [9.17, 15) is 0 Å². The van der Waals surface area contributed by atoms with Crippen LogP contribution in [0.3, 0.4) is 0 Å². The van der Waals surface area contributed by atoms with Gasteiger partial charge in [0.2, 0.25) is 0 Å². The maximum Gasteiger partial charge on any atom is 0.0110 e. The van der Waals surface area contributed by atoms with Crippen molar-refractivity contribution in [1.29, 1.82) is 0 Å². The molecule has 0 fully saturated rings. The highest BCUT2D eigenvalue weighted by Gasteiger charge is 1.94. The second-order valence-electron chi connectivity index (χ2n) is 3.21. The molecule has 0 heterocycles. The third kappa shape index (κ3) is 1.68. The van der Waals surface area contributed by atoms with Crippen LogP contribution in [0.4, 0.5) is 0 Å². The standard InChI is InChI=1S/C13H13N/c14-10-4-8-12-7-3-6-11-5-1-2-9-13(11)12/h1-9H,10,14H2. The van der Waals surface area contributed by atoms with E-state index < -0.39 is 0 Å². The lowest BCUT2D eigenvalue weighted by molar-refractivity contribution is 1.26. The Labute approximate surface area is 83.9 Å². The van der Waals surface area contributed by atoms with Crippen LogP contribution in [0.25, 0.3) is 16.8 Å². The minimum atomic E-state index is 0.587. The molecule has 0 aliphatic rings. The molecule has 2 rings (SSSR count). The molecule has 2 aromatic carbocycles.